The Labute approximate surface area is 145 Å². The van der Waals surface area contributed by atoms with E-state index in [1.807, 2.05) is 0 Å². The maximum absolute atomic E-state index is 6.41. The van der Waals surface area contributed by atoms with Gasteiger partial charge in [-0.1, -0.05) is 92.9 Å². The average Bonchev–Trinajstić information content (AvgIpc) is 2.62. The van der Waals surface area contributed by atoms with Gasteiger partial charge in [-0.15, -0.1) is 0 Å². The molecule has 124 valence electrons. The Morgan fingerprint density at radius 3 is 2.38 bits per heavy atom. The lowest BCUT2D eigenvalue weighted by Crippen LogP contribution is -2.22. The van der Waals surface area contributed by atoms with Crippen molar-refractivity contribution in [2.75, 3.05) is 0 Å². The molecule has 3 aromatic rings. The Bertz CT molecular complexity index is 785. The molecule has 1 unspecified atom stereocenters. The number of hydrogen-bond donors (Lipinski definition) is 1. The van der Waals surface area contributed by atoms with Crippen molar-refractivity contribution in [3.05, 3.63) is 72.3 Å². The highest BCUT2D eigenvalue weighted by Gasteiger charge is 2.11. The van der Waals surface area contributed by atoms with Gasteiger partial charge in [0, 0.05) is 6.04 Å². The molecule has 0 aliphatic carbocycles. The van der Waals surface area contributed by atoms with Crippen molar-refractivity contribution in [3.8, 4) is 11.1 Å². The van der Waals surface area contributed by atoms with E-state index in [9.17, 15) is 0 Å². The Morgan fingerprint density at radius 2 is 1.50 bits per heavy atom. The topological polar surface area (TPSA) is 26.0 Å². The predicted molar refractivity (Wildman–Crippen MR) is 105 cm³/mol. The van der Waals surface area contributed by atoms with Gasteiger partial charge >= 0.3 is 0 Å². The first-order valence-corrected chi connectivity index (χ1v) is 9.11. The van der Waals surface area contributed by atoms with Crippen molar-refractivity contribution in [1.29, 1.82) is 0 Å². The second kappa shape index (κ2) is 8.12. The molecule has 0 spiro atoms. The van der Waals surface area contributed by atoms with E-state index in [2.05, 4.69) is 73.7 Å². The van der Waals surface area contributed by atoms with Crippen LogP contribution in [-0.2, 0) is 6.42 Å². The number of hydrogen-bond acceptors (Lipinski definition) is 1. The van der Waals surface area contributed by atoms with Crippen LogP contribution in [-0.4, -0.2) is 6.04 Å². The molecule has 0 amide bonds. The zero-order valence-electron chi connectivity index (χ0n) is 14.5. The molecule has 0 fully saturated rings. The molecular weight excluding hydrogens is 290 g/mol. The summed E-state index contributed by atoms with van der Waals surface area (Å²) in [6, 6.07) is 24.1. The van der Waals surface area contributed by atoms with E-state index < -0.39 is 0 Å². The summed E-state index contributed by atoms with van der Waals surface area (Å²) in [7, 11) is 0. The second-order valence-electron chi connectivity index (χ2n) is 6.64. The molecule has 3 rings (SSSR count). The SMILES string of the molecule is CCCCCC(N)Cc1ccccc1-c1cccc2ccccc12. The molecule has 1 nitrogen and oxygen atoms in total. The summed E-state index contributed by atoms with van der Waals surface area (Å²) in [6.45, 7) is 2.24. The number of nitrogens with two attached hydrogens (primary N) is 1. The van der Waals surface area contributed by atoms with E-state index in [-0.39, 0.29) is 6.04 Å². The van der Waals surface area contributed by atoms with E-state index in [1.54, 1.807) is 0 Å². The van der Waals surface area contributed by atoms with Gasteiger partial charge in [-0.05, 0) is 40.3 Å². The third kappa shape index (κ3) is 3.85. The van der Waals surface area contributed by atoms with Crippen LogP contribution in [0.1, 0.15) is 38.2 Å². The van der Waals surface area contributed by atoms with Gasteiger partial charge in [-0.25, -0.2) is 0 Å². The van der Waals surface area contributed by atoms with E-state index in [1.165, 1.54) is 46.7 Å². The van der Waals surface area contributed by atoms with Gasteiger partial charge in [-0.2, -0.15) is 0 Å². The van der Waals surface area contributed by atoms with Crippen LogP contribution in [0.4, 0.5) is 0 Å². The maximum atomic E-state index is 6.41. The highest BCUT2D eigenvalue weighted by molar-refractivity contribution is 5.97. The molecule has 3 aromatic carbocycles. The molecule has 0 bridgehead atoms. The molecule has 0 saturated heterocycles. The lowest BCUT2D eigenvalue weighted by molar-refractivity contribution is 0.557. The van der Waals surface area contributed by atoms with Gasteiger partial charge in [0.1, 0.15) is 0 Å². The zero-order valence-corrected chi connectivity index (χ0v) is 14.5. The number of benzene rings is 3. The van der Waals surface area contributed by atoms with Crippen molar-refractivity contribution in [3.63, 3.8) is 0 Å². The third-order valence-corrected chi connectivity index (χ3v) is 4.76. The molecule has 1 atom stereocenters. The Morgan fingerprint density at radius 1 is 0.792 bits per heavy atom. The van der Waals surface area contributed by atoms with Crippen LogP contribution in [0.15, 0.2) is 66.7 Å². The number of unbranched alkanes of at least 4 members (excludes halogenated alkanes) is 2. The van der Waals surface area contributed by atoms with Gasteiger partial charge in [-0.3, -0.25) is 0 Å². The summed E-state index contributed by atoms with van der Waals surface area (Å²) >= 11 is 0. The van der Waals surface area contributed by atoms with Crippen LogP contribution in [0.5, 0.6) is 0 Å². The number of fused-ring (bicyclic) bond motifs is 1. The summed E-state index contributed by atoms with van der Waals surface area (Å²) < 4.78 is 0. The summed E-state index contributed by atoms with van der Waals surface area (Å²) in [5.74, 6) is 0. The summed E-state index contributed by atoms with van der Waals surface area (Å²) in [5, 5.41) is 2.60. The predicted octanol–water partition coefficient (Wildman–Crippen LogP) is 5.96. The van der Waals surface area contributed by atoms with Crippen molar-refractivity contribution < 1.29 is 0 Å². The molecule has 0 aromatic heterocycles. The van der Waals surface area contributed by atoms with Gasteiger partial charge in [0.15, 0.2) is 0 Å². The van der Waals surface area contributed by atoms with Crippen molar-refractivity contribution in [2.45, 2.75) is 45.1 Å². The summed E-state index contributed by atoms with van der Waals surface area (Å²) in [5.41, 5.74) is 10.4. The van der Waals surface area contributed by atoms with Gasteiger partial charge < -0.3 is 5.73 Å². The molecule has 0 heterocycles. The molecule has 0 saturated carbocycles. The fourth-order valence-corrected chi connectivity index (χ4v) is 3.46. The van der Waals surface area contributed by atoms with E-state index in [4.69, 9.17) is 5.73 Å². The lowest BCUT2D eigenvalue weighted by atomic mass is 9.91. The van der Waals surface area contributed by atoms with E-state index in [0.29, 0.717) is 0 Å². The standard InChI is InChI=1S/C23H27N/c1-2-3-4-13-20(24)17-19-11-6-8-15-22(19)23-16-9-12-18-10-5-7-14-21(18)23/h5-12,14-16,20H,2-4,13,17,24H2,1H3. The lowest BCUT2D eigenvalue weighted by Gasteiger charge is -2.16. The fraction of sp³-hybridized carbons (Fsp3) is 0.304. The van der Waals surface area contributed by atoms with Gasteiger partial charge in [0.2, 0.25) is 0 Å². The Kier molecular flexibility index (Phi) is 5.66. The quantitative estimate of drug-likeness (QED) is 0.535. The van der Waals surface area contributed by atoms with Crippen LogP contribution in [0, 0.1) is 0 Å². The molecular formula is C23H27N. The fourth-order valence-electron chi connectivity index (χ4n) is 3.46. The Balaban J connectivity index is 1.91. The van der Waals surface area contributed by atoms with Crippen LogP contribution in [0.3, 0.4) is 0 Å². The van der Waals surface area contributed by atoms with E-state index >= 15 is 0 Å². The zero-order chi connectivity index (χ0) is 16.8. The van der Waals surface area contributed by atoms with Crippen LogP contribution < -0.4 is 5.73 Å². The third-order valence-electron chi connectivity index (χ3n) is 4.76. The molecule has 1 heteroatoms. The molecule has 0 aliphatic heterocycles. The smallest absolute Gasteiger partial charge is 0.00795 e. The Hall–Kier alpha value is -2.12. The average molecular weight is 317 g/mol. The van der Waals surface area contributed by atoms with Crippen molar-refractivity contribution >= 4 is 10.8 Å². The maximum Gasteiger partial charge on any atom is 0.00795 e. The normalized spacial score (nSPS) is 12.4. The minimum absolute atomic E-state index is 0.243. The minimum atomic E-state index is 0.243. The van der Waals surface area contributed by atoms with Crippen LogP contribution in [0.25, 0.3) is 21.9 Å². The molecule has 0 radical (unpaired) electrons. The molecule has 2 N–H and O–H groups in total. The number of rotatable bonds is 7. The highest BCUT2D eigenvalue weighted by Crippen LogP contribution is 2.31. The summed E-state index contributed by atoms with van der Waals surface area (Å²) in [4.78, 5) is 0. The minimum Gasteiger partial charge on any atom is -0.327 e. The van der Waals surface area contributed by atoms with Gasteiger partial charge in [0.05, 0.1) is 0 Å². The van der Waals surface area contributed by atoms with Crippen molar-refractivity contribution in [1.82, 2.24) is 0 Å². The first-order valence-electron chi connectivity index (χ1n) is 9.11. The van der Waals surface area contributed by atoms with Crippen molar-refractivity contribution in [2.24, 2.45) is 5.73 Å². The molecule has 24 heavy (non-hydrogen) atoms. The molecule has 0 aliphatic rings. The first kappa shape index (κ1) is 16.7. The first-order chi connectivity index (χ1) is 11.8. The van der Waals surface area contributed by atoms with Crippen LogP contribution >= 0.6 is 0 Å². The van der Waals surface area contributed by atoms with Gasteiger partial charge in [0.25, 0.3) is 0 Å². The van der Waals surface area contributed by atoms with E-state index in [0.717, 1.165) is 12.8 Å². The van der Waals surface area contributed by atoms with Crippen LogP contribution in [0.2, 0.25) is 0 Å². The second-order valence-corrected chi connectivity index (χ2v) is 6.64. The largest absolute Gasteiger partial charge is 0.327 e. The monoisotopic (exact) mass is 317 g/mol. The summed E-state index contributed by atoms with van der Waals surface area (Å²) in [6.07, 6.45) is 5.81. The highest BCUT2D eigenvalue weighted by atomic mass is 14.6.